The average Bonchev–Trinajstić information content (AvgIpc) is 2.83. The second kappa shape index (κ2) is 5.00. The maximum Gasteiger partial charge on any atom is 0.262 e. The number of nitrogens with zero attached hydrogens (tertiary/aromatic N) is 1. The maximum atomic E-state index is 12.4. The highest BCUT2D eigenvalue weighted by Crippen LogP contribution is 2.25. The van der Waals surface area contributed by atoms with Gasteiger partial charge in [0.15, 0.2) is 11.5 Å². The van der Waals surface area contributed by atoms with Crippen LogP contribution in [0.2, 0.25) is 0 Å². The van der Waals surface area contributed by atoms with E-state index in [2.05, 4.69) is 9.88 Å². The molecule has 1 aromatic heterocycles. The standard InChI is InChI=1S/C14H14N2O4S/c1-9-13(8-15-20-9)16-21(18,19)11-5-6-12-10(7-11)3-2-4-14(12)17/h5-8,16H,2-4H2,1H3. The average molecular weight is 306 g/mol. The summed E-state index contributed by atoms with van der Waals surface area (Å²) in [6.45, 7) is 1.62. The Labute approximate surface area is 122 Å². The Kier molecular flexibility index (Phi) is 3.29. The molecule has 1 aromatic carbocycles. The molecule has 0 saturated carbocycles. The van der Waals surface area contributed by atoms with Crippen molar-refractivity contribution in [2.45, 2.75) is 31.1 Å². The number of nitrogens with one attached hydrogen (secondary N) is 1. The quantitative estimate of drug-likeness (QED) is 0.939. The summed E-state index contributed by atoms with van der Waals surface area (Å²) in [7, 11) is -3.72. The molecule has 110 valence electrons. The Morgan fingerprint density at radius 1 is 1.29 bits per heavy atom. The summed E-state index contributed by atoms with van der Waals surface area (Å²) >= 11 is 0. The SMILES string of the molecule is Cc1oncc1NS(=O)(=O)c1ccc2c(c1)CCCC2=O. The van der Waals surface area contributed by atoms with Gasteiger partial charge in [-0.1, -0.05) is 5.16 Å². The van der Waals surface area contributed by atoms with Crippen LogP contribution in [0.1, 0.15) is 34.5 Å². The van der Waals surface area contributed by atoms with Gasteiger partial charge in [-0.3, -0.25) is 9.52 Å². The van der Waals surface area contributed by atoms with Crippen molar-refractivity contribution in [3.63, 3.8) is 0 Å². The Bertz CT molecular complexity index is 808. The lowest BCUT2D eigenvalue weighted by Crippen LogP contribution is -2.16. The molecule has 0 aliphatic heterocycles. The number of aryl methyl sites for hydroxylation is 2. The van der Waals surface area contributed by atoms with Crippen molar-refractivity contribution in [2.75, 3.05) is 4.72 Å². The third kappa shape index (κ3) is 2.56. The first-order chi connectivity index (χ1) is 9.97. The van der Waals surface area contributed by atoms with Gasteiger partial charge in [0.1, 0.15) is 5.69 Å². The van der Waals surface area contributed by atoms with Crippen LogP contribution in [0, 0.1) is 6.92 Å². The van der Waals surface area contributed by atoms with E-state index in [1.807, 2.05) is 0 Å². The highest BCUT2D eigenvalue weighted by Gasteiger charge is 2.22. The molecule has 1 aliphatic rings. The Balaban J connectivity index is 1.96. The minimum absolute atomic E-state index is 0.0723. The van der Waals surface area contributed by atoms with E-state index in [9.17, 15) is 13.2 Å². The molecule has 0 atom stereocenters. The summed E-state index contributed by atoms with van der Waals surface area (Å²) in [6, 6.07) is 4.61. The summed E-state index contributed by atoms with van der Waals surface area (Å²) in [4.78, 5) is 11.9. The Morgan fingerprint density at radius 3 is 2.81 bits per heavy atom. The molecular weight excluding hydrogens is 292 g/mol. The summed E-state index contributed by atoms with van der Waals surface area (Å²) < 4.78 is 32.0. The molecule has 0 radical (unpaired) electrons. The molecule has 2 aromatic rings. The molecule has 0 spiro atoms. The number of rotatable bonds is 3. The number of fused-ring (bicyclic) bond motifs is 1. The van der Waals surface area contributed by atoms with E-state index in [1.165, 1.54) is 12.3 Å². The van der Waals surface area contributed by atoms with Gasteiger partial charge in [-0.05, 0) is 43.5 Å². The normalized spacial score (nSPS) is 14.8. The second-order valence-electron chi connectivity index (χ2n) is 5.00. The molecule has 21 heavy (non-hydrogen) atoms. The van der Waals surface area contributed by atoms with Crippen LogP contribution in [0.3, 0.4) is 0 Å². The number of Topliss-reactive ketones (excluding diaryl/α,β-unsaturated/α-hetero) is 1. The fraction of sp³-hybridized carbons (Fsp3) is 0.286. The number of hydrogen-bond donors (Lipinski definition) is 1. The molecule has 0 bridgehead atoms. The van der Waals surface area contributed by atoms with E-state index in [0.717, 1.165) is 18.4 Å². The fourth-order valence-electron chi connectivity index (χ4n) is 2.39. The molecule has 0 unspecified atom stereocenters. The van der Waals surface area contributed by atoms with Crippen molar-refractivity contribution in [2.24, 2.45) is 0 Å². The number of hydrogen-bond acceptors (Lipinski definition) is 5. The van der Waals surface area contributed by atoms with Crippen LogP contribution in [-0.2, 0) is 16.4 Å². The number of ketones is 1. The van der Waals surface area contributed by atoms with Gasteiger partial charge >= 0.3 is 0 Å². The molecular formula is C14H14N2O4S. The lowest BCUT2D eigenvalue weighted by atomic mass is 9.91. The molecule has 0 fully saturated rings. The number of carbonyl (C=O) groups excluding carboxylic acids is 1. The fourth-order valence-corrected chi connectivity index (χ4v) is 3.54. The van der Waals surface area contributed by atoms with Crippen molar-refractivity contribution < 1.29 is 17.7 Å². The maximum absolute atomic E-state index is 12.4. The van der Waals surface area contributed by atoms with Gasteiger partial charge in [-0.25, -0.2) is 8.42 Å². The van der Waals surface area contributed by atoms with E-state index in [1.54, 1.807) is 19.1 Å². The predicted octanol–water partition coefficient (Wildman–Crippen LogP) is 2.30. The summed E-state index contributed by atoms with van der Waals surface area (Å²) in [5.41, 5.74) is 1.72. The zero-order chi connectivity index (χ0) is 15.0. The van der Waals surface area contributed by atoms with Gasteiger partial charge in [0.05, 0.1) is 11.1 Å². The molecule has 1 aliphatic carbocycles. The lowest BCUT2D eigenvalue weighted by Gasteiger charge is -2.16. The number of carbonyl (C=O) groups is 1. The predicted molar refractivity (Wildman–Crippen MR) is 75.8 cm³/mol. The zero-order valence-electron chi connectivity index (χ0n) is 11.4. The van der Waals surface area contributed by atoms with Gasteiger partial charge in [0.2, 0.25) is 0 Å². The van der Waals surface area contributed by atoms with Crippen LogP contribution in [-0.4, -0.2) is 19.4 Å². The van der Waals surface area contributed by atoms with Crippen molar-refractivity contribution >= 4 is 21.5 Å². The molecule has 7 heteroatoms. The molecule has 1 N–H and O–H groups in total. The number of anilines is 1. The largest absolute Gasteiger partial charge is 0.359 e. The minimum Gasteiger partial charge on any atom is -0.359 e. The Hall–Kier alpha value is -2.15. The van der Waals surface area contributed by atoms with Gasteiger partial charge in [0.25, 0.3) is 10.0 Å². The number of benzene rings is 1. The molecule has 1 heterocycles. The van der Waals surface area contributed by atoms with Crippen molar-refractivity contribution in [3.8, 4) is 0 Å². The van der Waals surface area contributed by atoms with Crippen molar-refractivity contribution in [3.05, 3.63) is 41.3 Å². The minimum atomic E-state index is -3.72. The van der Waals surface area contributed by atoms with E-state index < -0.39 is 10.0 Å². The summed E-state index contributed by atoms with van der Waals surface area (Å²) in [5, 5.41) is 3.53. The monoisotopic (exact) mass is 306 g/mol. The van der Waals surface area contributed by atoms with Crippen LogP contribution < -0.4 is 4.72 Å². The van der Waals surface area contributed by atoms with Crippen LogP contribution in [0.25, 0.3) is 0 Å². The first-order valence-corrected chi connectivity index (χ1v) is 8.06. The van der Waals surface area contributed by atoms with Crippen LogP contribution >= 0.6 is 0 Å². The molecule has 0 saturated heterocycles. The third-order valence-electron chi connectivity index (χ3n) is 3.53. The van der Waals surface area contributed by atoms with E-state index in [-0.39, 0.29) is 10.7 Å². The van der Waals surface area contributed by atoms with E-state index in [4.69, 9.17) is 4.52 Å². The number of aromatic nitrogens is 1. The van der Waals surface area contributed by atoms with Crippen molar-refractivity contribution in [1.82, 2.24) is 5.16 Å². The topological polar surface area (TPSA) is 89.3 Å². The Morgan fingerprint density at radius 2 is 2.10 bits per heavy atom. The van der Waals surface area contributed by atoms with Gasteiger partial charge < -0.3 is 4.52 Å². The lowest BCUT2D eigenvalue weighted by molar-refractivity contribution is 0.0972. The van der Waals surface area contributed by atoms with E-state index >= 15 is 0 Å². The smallest absolute Gasteiger partial charge is 0.262 e. The van der Waals surface area contributed by atoms with Gasteiger partial charge in [0, 0.05) is 12.0 Å². The highest BCUT2D eigenvalue weighted by atomic mass is 32.2. The second-order valence-corrected chi connectivity index (χ2v) is 6.68. The van der Waals surface area contributed by atoms with Crippen LogP contribution in [0.4, 0.5) is 5.69 Å². The molecule has 6 nitrogen and oxygen atoms in total. The first-order valence-electron chi connectivity index (χ1n) is 6.57. The highest BCUT2D eigenvalue weighted by molar-refractivity contribution is 7.92. The molecule has 0 amide bonds. The summed E-state index contributed by atoms with van der Waals surface area (Å²) in [6.07, 6.45) is 3.32. The van der Waals surface area contributed by atoms with Crippen LogP contribution in [0.5, 0.6) is 0 Å². The third-order valence-corrected chi connectivity index (χ3v) is 4.90. The first kappa shape index (κ1) is 13.8. The number of sulfonamides is 1. The van der Waals surface area contributed by atoms with E-state index in [0.29, 0.717) is 23.4 Å². The van der Waals surface area contributed by atoms with Gasteiger partial charge in [-0.2, -0.15) is 0 Å². The van der Waals surface area contributed by atoms with Crippen molar-refractivity contribution in [1.29, 1.82) is 0 Å². The van der Waals surface area contributed by atoms with Gasteiger partial charge in [-0.15, -0.1) is 0 Å². The van der Waals surface area contributed by atoms with Crippen LogP contribution in [0.15, 0.2) is 33.8 Å². The summed E-state index contributed by atoms with van der Waals surface area (Å²) in [5.74, 6) is 0.467. The zero-order valence-corrected chi connectivity index (χ0v) is 12.2. The molecule has 3 rings (SSSR count).